The van der Waals surface area contributed by atoms with Gasteiger partial charge in [0, 0.05) is 30.5 Å². The number of hydrogen-bond donors (Lipinski definition) is 1. The first-order chi connectivity index (χ1) is 7.51. The molecule has 0 aromatic heterocycles. The van der Waals surface area contributed by atoms with E-state index >= 15 is 0 Å². The molecule has 0 bridgehead atoms. The van der Waals surface area contributed by atoms with Gasteiger partial charge in [-0.1, -0.05) is 38.1 Å². The van der Waals surface area contributed by atoms with Crippen LogP contribution in [0.2, 0.25) is 0 Å². The van der Waals surface area contributed by atoms with Crippen LogP contribution in [0.3, 0.4) is 0 Å². The lowest BCUT2D eigenvalue weighted by Gasteiger charge is -2.28. The van der Waals surface area contributed by atoms with Gasteiger partial charge in [0.2, 0.25) is 0 Å². The third kappa shape index (κ3) is 1.96. The Morgan fingerprint density at radius 3 is 2.12 bits per heavy atom. The molecule has 3 heteroatoms. The summed E-state index contributed by atoms with van der Waals surface area (Å²) >= 11 is 0. The van der Waals surface area contributed by atoms with E-state index in [0.29, 0.717) is 5.92 Å². The minimum Gasteiger partial charge on any atom is -0.315 e. The van der Waals surface area contributed by atoms with Crippen LogP contribution in [0.25, 0.3) is 0 Å². The van der Waals surface area contributed by atoms with Crippen molar-refractivity contribution in [1.29, 1.82) is 0 Å². The highest BCUT2D eigenvalue weighted by atomic mass is 19.3. The van der Waals surface area contributed by atoms with Crippen LogP contribution in [0, 0.1) is 5.92 Å². The van der Waals surface area contributed by atoms with E-state index in [-0.39, 0.29) is 5.56 Å². The third-order valence-corrected chi connectivity index (χ3v) is 3.27. The first-order valence-electron chi connectivity index (χ1n) is 5.70. The summed E-state index contributed by atoms with van der Waals surface area (Å²) < 4.78 is 27.4. The molecule has 0 aliphatic carbocycles. The molecule has 1 N–H and O–H groups in total. The fraction of sp³-hybridized carbons (Fsp3) is 0.538. The molecule has 1 fully saturated rings. The van der Waals surface area contributed by atoms with Gasteiger partial charge in [-0.15, -0.1) is 0 Å². The normalized spacial score (nSPS) is 17.6. The van der Waals surface area contributed by atoms with E-state index in [1.807, 2.05) is 12.1 Å². The van der Waals surface area contributed by atoms with Crippen molar-refractivity contribution in [2.24, 2.45) is 5.92 Å². The molecule has 16 heavy (non-hydrogen) atoms. The van der Waals surface area contributed by atoms with Crippen LogP contribution in [0.1, 0.15) is 30.9 Å². The minimum atomic E-state index is -2.73. The molecule has 1 nitrogen and oxygen atoms in total. The second-order valence-electron chi connectivity index (χ2n) is 4.75. The van der Waals surface area contributed by atoms with Crippen LogP contribution in [0.5, 0.6) is 0 Å². The summed E-state index contributed by atoms with van der Waals surface area (Å²) in [4.78, 5) is 0. The molecule has 0 spiro atoms. The van der Waals surface area contributed by atoms with E-state index in [2.05, 4.69) is 5.32 Å². The lowest BCUT2D eigenvalue weighted by atomic mass is 9.91. The maximum atomic E-state index is 13.7. The molecule has 88 valence electrons. The van der Waals surface area contributed by atoms with E-state index in [4.69, 9.17) is 0 Å². The van der Waals surface area contributed by atoms with Gasteiger partial charge < -0.3 is 5.32 Å². The summed E-state index contributed by atoms with van der Waals surface area (Å²) in [5.74, 6) is -2.89. The molecule has 1 aliphatic heterocycles. The first kappa shape index (κ1) is 11.5. The Bertz CT molecular complexity index is 353. The molecule has 1 aromatic carbocycles. The van der Waals surface area contributed by atoms with Gasteiger partial charge in [-0.3, -0.25) is 0 Å². The van der Waals surface area contributed by atoms with Crippen LogP contribution < -0.4 is 5.32 Å². The number of hydrogen-bond acceptors (Lipinski definition) is 1. The Hall–Kier alpha value is -0.960. The van der Waals surface area contributed by atoms with E-state index in [9.17, 15) is 8.78 Å². The topological polar surface area (TPSA) is 12.0 Å². The molecule has 1 aromatic rings. The van der Waals surface area contributed by atoms with Gasteiger partial charge in [0.05, 0.1) is 0 Å². The van der Waals surface area contributed by atoms with E-state index in [0.717, 1.165) is 18.7 Å². The van der Waals surface area contributed by atoms with E-state index in [1.54, 1.807) is 26.0 Å². The van der Waals surface area contributed by atoms with E-state index < -0.39 is 11.8 Å². The molecule has 0 radical (unpaired) electrons. The number of nitrogens with one attached hydrogen (secondary N) is 1. The van der Waals surface area contributed by atoms with Crippen molar-refractivity contribution in [1.82, 2.24) is 5.32 Å². The second kappa shape index (κ2) is 4.13. The summed E-state index contributed by atoms with van der Waals surface area (Å²) in [6, 6.07) is 6.79. The van der Waals surface area contributed by atoms with Crippen molar-refractivity contribution in [3.8, 4) is 0 Å². The highest BCUT2D eigenvalue weighted by molar-refractivity contribution is 5.29. The van der Waals surface area contributed by atoms with Crippen LogP contribution >= 0.6 is 0 Å². The Labute approximate surface area is 94.9 Å². The third-order valence-electron chi connectivity index (χ3n) is 3.27. The average Bonchev–Trinajstić information content (AvgIpc) is 2.15. The molecule has 0 amide bonds. The molecule has 1 saturated heterocycles. The van der Waals surface area contributed by atoms with Crippen LogP contribution in [-0.2, 0) is 5.92 Å². The second-order valence-corrected chi connectivity index (χ2v) is 4.75. The standard InChI is InChI=1S/C13H17F2N/c1-9(2)13(14,15)12-5-3-10(4-6-12)11-7-16-8-11/h3-6,9,11,16H,7-8H2,1-2H3. The predicted molar refractivity (Wildman–Crippen MR) is 60.8 cm³/mol. The fourth-order valence-electron chi connectivity index (χ4n) is 1.84. The highest BCUT2D eigenvalue weighted by Crippen LogP contribution is 2.36. The smallest absolute Gasteiger partial charge is 0.275 e. The van der Waals surface area contributed by atoms with Gasteiger partial charge in [0.15, 0.2) is 0 Å². The lowest BCUT2D eigenvalue weighted by molar-refractivity contribution is -0.0514. The first-order valence-corrected chi connectivity index (χ1v) is 5.70. The van der Waals surface area contributed by atoms with Crippen LogP contribution in [-0.4, -0.2) is 13.1 Å². The Balaban J connectivity index is 2.18. The fourth-order valence-corrected chi connectivity index (χ4v) is 1.84. The summed E-state index contributed by atoms with van der Waals surface area (Å²) in [7, 11) is 0. The minimum absolute atomic E-state index is 0.124. The Morgan fingerprint density at radius 1 is 1.19 bits per heavy atom. The molecule has 1 aliphatic rings. The van der Waals surface area contributed by atoms with Gasteiger partial charge in [0.1, 0.15) is 0 Å². The van der Waals surface area contributed by atoms with Gasteiger partial charge in [-0.25, -0.2) is 8.78 Å². The van der Waals surface area contributed by atoms with Crippen molar-refractivity contribution < 1.29 is 8.78 Å². The van der Waals surface area contributed by atoms with Crippen LogP contribution in [0.15, 0.2) is 24.3 Å². The van der Waals surface area contributed by atoms with Gasteiger partial charge in [0.25, 0.3) is 5.92 Å². The number of benzene rings is 1. The summed E-state index contributed by atoms with van der Waals surface area (Å²) in [6.45, 7) is 5.01. The van der Waals surface area contributed by atoms with Crippen molar-refractivity contribution in [3.05, 3.63) is 35.4 Å². The lowest BCUT2D eigenvalue weighted by Crippen LogP contribution is -2.39. The van der Waals surface area contributed by atoms with Gasteiger partial charge in [-0.05, 0) is 5.56 Å². The number of rotatable bonds is 3. The Morgan fingerprint density at radius 2 is 1.75 bits per heavy atom. The largest absolute Gasteiger partial charge is 0.315 e. The zero-order valence-corrected chi connectivity index (χ0v) is 9.63. The molecular formula is C13H17F2N. The highest BCUT2D eigenvalue weighted by Gasteiger charge is 2.35. The molecule has 1 heterocycles. The maximum absolute atomic E-state index is 13.7. The maximum Gasteiger partial charge on any atom is 0.275 e. The molecule has 0 atom stereocenters. The molecule has 0 unspecified atom stereocenters. The van der Waals surface area contributed by atoms with Crippen molar-refractivity contribution in [2.75, 3.05) is 13.1 Å². The summed E-state index contributed by atoms with van der Waals surface area (Å²) in [6.07, 6.45) is 0. The quantitative estimate of drug-likeness (QED) is 0.833. The number of halogens is 2. The molecule has 0 saturated carbocycles. The zero-order valence-electron chi connectivity index (χ0n) is 9.63. The molecular weight excluding hydrogens is 208 g/mol. The number of alkyl halides is 2. The SMILES string of the molecule is CC(C)C(F)(F)c1ccc(C2CNC2)cc1. The predicted octanol–water partition coefficient (Wildman–Crippen LogP) is 3.12. The van der Waals surface area contributed by atoms with Crippen LogP contribution in [0.4, 0.5) is 8.78 Å². The molecule has 2 rings (SSSR count). The van der Waals surface area contributed by atoms with Crippen molar-refractivity contribution in [2.45, 2.75) is 25.7 Å². The zero-order chi connectivity index (χ0) is 11.8. The average molecular weight is 225 g/mol. The van der Waals surface area contributed by atoms with E-state index in [1.165, 1.54) is 0 Å². The Kier molecular flexibility index (Phi) is 2.98. The van der Waals surface area contributed by atoms with Gasteiger partial charge >= 0.3 is 0 Å². The summed E-state index contributed by atoms with van der Waals surface area (Å²) in [5, 5.41) is 3.17. The monoisotopic (exact) mass is 225 g/mol. The summed E-state index contributed by atoms with van der Waals surface area (Å²) in [5.41, 5.74) is 1.28. The van der Waals surface area contributed by atoms with Gasteiger partial charge in [-0.2, -0.15) is 0 Å². The van der Waals surface area contributed by atoms with Crippen molar-refractivity contribution in [3.63, 3.8) is 0 Å². The van der Waals surface area contributed by atoms with Crippen molar-refractivity contribution >= 4 is 0 Å².